The van der Waals surface area contributed by atoms with E-state index >= 15 is 0 Å². The third-order valence-corrected chi connectivity index (χ3v) is 4.82. The SMILES string of the molecule is CC1CCN(c2ccccc2N2C[C@@H](C(N)=O)CC2=O)CC1. The maximum absolute atomic E-state index is 12.3. The highest BCUT2D eigenvalue weighted by Gasteiger charge is 2.35. The lowest BCUT2D eigenvalue weighted by atomic mass is 9.98. The molecule has 22 heavy (non-hydrogen) atoms. The van der Waals surface area contributed by atoms with Gasteiger partial charge in [-0.15, -0.1) is 0 Å². The fourth-order valence-electron chi connectivity index (χ4n) is 3.34. The average Bonchev–Trinajstić information content (AvgIpc) is 2.90. The summed E-state index contributed by atoms with van der Waals surface area (Å²) in [7, 11) is 0. The zero-order valence-electron chi connectivity index (χ0n) is 13.0. The van der Waals surface area contributed by atoms with Gasteiger partial charge in [0.2, 0.25) is 11.8 Å². The van der Waals surface area contributed by atoms with Crippen LogP contribution in [0.3, 0.4) is 0 Å². The summed E-state index contributed by atoms with van der Waals surface area (Å²) in [5.41, 5.74) is 7.37. The monoisotopic (exact) mass is 301 g/mol. The van der Waals surface area contributed by atoms with Gasteiger partial charge in [-0.05, 0) is 30.9 Å². The molecule has 2 aliphatic heterocycles. The van der Waals surface area contributed by atoms with Crippen LogP contribution >= 0.6 is 0 Å². The number of anilines is 2. The molecule has 0 radical (unpaired) electrons. The molecular weight excluding hydrogens is 278 g/mol. The molecule has 2 N–H and O–H groups in total. The van der Waals surface area contributed by atoms with Crippen LogP contribution in [0.25, 0.3) is 0 Å². The molecular formula is C17H23N3O2. The van der Waals surface area contributed by atoms with Crippen molar-refractivity contribution >= 4 is 23.2 Å². The topological polar surface area (TPSA) is 66.6 Å². The predicted octanol–water partition coefficient (Wildman–Crippen LogP) is 1.76. The van der Waals surface area contributed by atoms with Gasteiger partial charge in [-0.3, -0.25) is 9.59 Å². The summed E-state index contributed by atoms with van der Waals surface area (Å²) in [4.78, 5) is 27.7. The van der Waals surface area contributed by atoms with Crippen LogP contribution in [0.1, 0.15) is 26.2 Å². The Morgan fingerprint density at radius 2 is 1.82 bits per heavy atom. The van der Waals surface area contributed by atoms with Gasteiger partial charge in [-0.25, -0.2) is 0 Å². The molecule has 1 aromatic carbocycles. The molecule has 5 heteroatoms. The third kappa shape index (κ3) is 2.80. The third-order valence-electron chi connectivity index (χ3n) is 4.82. The van der Waals surface area contributed by atoms with Crippen LogP contribution in [0.4, 0.5) is 11.4 Å². The Bertz CT molecular complexity index is 579. The van der Waals surface area contributed by atoms with Gasteiger partial charge in [0.15, 0.2) is 0 Å². The van der Waals surface area contributed by atoms with E-state index in [0.29, 0.717) is 6.54 Å². The number of rotatable bonds is 3. The fraction of sp³-hybridized carbons (Fsp3) is 0.529. The fourth-order valence-corrected chi connectivity index (χ4v) is 3.34. The van der Waals surface area contributed by atoms with Crippen molar-refractivity contribution < 1.29 is 9.59 Å². The quantitative estimate of drug-likeness (QED) is 0.925. The number of piperidine rings is 1. The largest absolute Gasteiger partial charge is 0.370 e. The van der Waals surface area contributed by atoms with Crippen LogP contribution in [-0.4, -0.2) is 31.4 Å². The van der Waals surface area contributed by atoms with Gasteiger partial charge in [-0.2, -0.15) is 0 Å². The molecule has 0 aliphatic carbocycles. The minimum Gasteiger partial charge on any atom is -0.370 e. The molecule has 3 rings (SSSR count). The predicted molar refractivity (Wildman–Crippen MR) is 86.7 cm³/mol. The number of amides is 2. The number of para-hydroxylation sites is 2. The molecule has 0 spiro atoms. The molecule has 2 aliphatic rings. The van der Waals surface area contributed by atoms with Crippen LogP contribution < -0.4 is 15.5 Å². The van der Waals surface area contributed by atoms with E-state index in [0.717, 1.165) is 30.4 Å². The molecule has 0 bridgehead atoms. The molecule has 0 aromatic heterocycles. The Morgan fingerprint density at radius 3 is 2.41 bits per heavy atom. The van der Waals surface area contributed by atoms with Crippen molar-refractivity contribution in [1.82, 2.24) is 0 Å². The summed E-state index contributed by atoms with van der Waals surface area (Å²) in [5.74, 6) is -0.0141. The Labute approximate surface area is 131 Å². The lowest BCUT2D eigenvalue weighted by molar-refractivity contribution is -0.123. The van der Waals surface area contributed by atoms with Gasteiger partial charge in [0.05, 0.1) is 17.3 Å². The van der Waals surface area contributed by atoms with E-state index < -0.39 is 0 Å². The van der Waals surface area contributed by atoms with Crippen LogP contribution in [0.15, 0.2) is 24.3 Å². The summed E-state index contributed by atoms with van der Waals surface area (Å²) in [5, 5.41) is 0. The van der Waals surface area contributed by atoms with Crippen LogP contribution in [0.2, 0.25) is 0 Å². The van der Waals surface area contributed by atoms with Crippen molar-refractivity contribution in [3.05, 3.63) is 24.3 Å². The number of hydrogen-bond acceptors (Lipinski definition) is 3. The summed E-state index contributed by atoms with van der Waals surface area (Å²) in [6, 6.07) is 7.98. The van der Waals surface area contributed by atoms with Gasteiger partial charge in [0, 0.05) is 26.1 Å². The first-order valence-electron chi connectivity index (χ1n) is 8.00. The minimum absolute atomic E-state index is 0.0124. The number of carbonyl (C=O) groups excluding carboxylic acids is 2. The molecule has 0 unspecified atom stereocenters. The maximum atomic E-state index is 12.3. The van der Waals surface area contributed by atoms with Gasteiger partial charge in [0.1, 0.15) is 0 Å². The lowest BCUT2D eigenvalue weighted by Crippen LogP contribution is -2.35. The van der Waals surface area contributed by atoms with E-state index in [9.17, 15) is 9.59 Å². The van der Waals surface area contributed by atoms with E-state index in [2.05, 4.69) is 17.9 Å². The van der Waals surface area contributed by atoms with E-state index in [1.165, 1.54) is 12.8 Å². The van der Waals surface area contributed by atoms with Crippen LogP contribution in [0, 0.1) is 11.8 Å². The van der Waals surface area contributed by atoms with Crippen molar-refractivity contribution in [1.29, 1.82) is 0 Å². The van der Waals surface area contributed by atoms with Gasteiger partial charge in [-0.1, -0.05) is 19.1 Å². The van der Waals surface area contributed by atoms with Crippen LogP contribution in [0.5, 0.6) is 0 Å². The summed E-state index contributed by atoms with van der Waals surface area (Å²) in [6.45, 7) is 4.71. The second kappa shape index (κ2) is 5.99. The van der Waals surface area contributed by atoms with E-state index in [-0.39, 0.29) is 24.2 Å². The van der Waals surface area contributed by atoms with Crippen LogP contribution in [-0.2, 0) is 9.59 Å². The molecule has 5 nitrogen and oxygen atoms in total. The Morgan fingerprint density at radius 1 is 1.18 bits per heavy atom. The van der Waals surface area contributed by atoms with Crippen molar-refractivity contribution in [2.45, 2.75) is 26.2 Å². The standard InChI is InChI=1S/C17H23N3O2/c1-12-6-8-19(9-7-12)14-4-2-3-5-15(14)20-11-13(17(18)22)10-16(20)21/h2-5,12-13H,6-11H2,1H3,(H2,18,22)/t13-/m0/s1. The first-order chi connectivity index (χ1) is 10.6. The molecule has 2 fully saturated rings. The van der Waals surface area contributed by atoms with Gasteiger partial charge >= 0.3 is 0 Å². The minimum atomic E-state index is -0.389. The Hall–Kier alpha value is -2.04. The molecule has 2 heterocycles. The van der Waals surface area contributed by atoms with E-state index in [4.69, 9.17) is 5.73 Å². The second-order valence-corrected chi connectivity index (χ2v) is 6.47. The number of nitrogens with two attached hydrogens (primary N) is 1. The number of primary amides is 1. The summed E-state index contributed by atoms with van der Waals surface area (Å²) < 4.78 is 0. The average molecular weight is 301 g/mol. The van der Waals surface area contributed by atoms with Gasteiger partial charge < -0.3 is 15.5 Å². The number of hydrogen-bond donors (Lipinski definition) is 1. The molecule has 1 atom stereocenters. The van der Waals surface area contributed by atoms with Gasteiger partial charge in [0.25, 0.3) is 0 Å². The van der Waals surface area contributed by atoms with Crippen molar-refractivity contribution in [2.75, 3.05) is 29.4 Å². The molecule has 1 aromatic rings. The van der Waals surface area contributed by atoms with E-state index in [1.807, 2.05) is 18.2 Å². The summed E-state index contributed by atoms with van der Waals surface area (Å²) >= 11 is 0. The molecule has 2 amide bonds. The van der Waals surface area contributed by atoms with Crippen molar-refractivity contribution in [3.8, 4) is 0 Å². The van der Waals surface area contributed by atoms with Crippen molar-refractivity contribution in [2.24, 2.45) is 17.6 Å². The first kappa shape index (κ1) is 14.9. The summed E-state index contributed by atoms with van der Waals surface area (Å²) in [6.07, 6.45) is 2.57. The highest BCUT2D eigenvalue weighted by molar-refractivity contribution is 6.02. The molecule has 2 saturated heterocycles. The zero-order chi connectivity index (χ0) is 15.7. The highest BCUT2D eigenvalue weighted by atomic mass is 16.2. The molecule has 0 saturated carbocycles. The normalized spacial score (nSPS) is 23.1. The lowest BCUT2D eigenvalue weighted by Gasteiger charge is -2.34. The number of nitrogens with zero attached hydrogens (tertiary/aromatic N) is 2. The maximum Gasteiger partial charge on any atom is 0.227 e. The first-order valence-corrected chi connectivity index (χ1v) is 8.00. The smallest absolute Gasteiger partial charge is 0.227 e. The molecule has 118 valence electrons. The van der Waals surface area contributed by atoms with E-state index in [1.54, 1.807) is 4.90 Å². The van der Waals surface area contributed by atoms with Crippen molar-refractivity contribution in [3.63, 3.8) is 0 Å². The Kier molecular flexibility index (Phi) is 4.05. The Balaban J connectivity index is 1.85. The number of benzene rings is 1. The second-order valence-electron chi connectivity index (χ2n) is 6.47. The highest BCUT2D eigenvalue weighted by Crippen LogP contribution is 2.35. The zero-order valence-corrected chi connectivity index (χ0v) is 13.0. The number of carbonyl (C=O) groups is 2.